The first-order chi connectivity index (χ1) is 5.59. The number of carbonyl (C=O) groups is 1. The molecule has 0 aliphatic rings. The molecule has 0 amide bonds. The molecule has 0 bridgehead atoms. The molecule has 3 heteroatoms. The molecule has 2 nitrogen and oxygen atoms in total. The Bertz CT molecular complexity index is 153. The zero-order valence-corrected chi connectivity index (χ0v) is 8.10. The molecule has 0 aromatic carbocycles. The van der Waals surface area contributed by atoms with Crippen molar-refractivity contribution in [2.45, 2.75) is 26.2 Å². The van der Waals surface area contributed by atoms with Gasteiger partial charge in [0.25, 0.3) is 0 Å². The SMILES string of the molecule is C=C(CCCC)C(=O)O.C=CCl. The second-order valence-electron chi connectivity index (χ2n) is 2.17. The van der Waals surface area contributed by atoms with Crippen molar-refractivity contribution in [2.75, 3.05) is 0 Å². The quantitative estimate of drug-likeness (QED) is 0.692. The van der Waals surface area contributed by atoms with Crippen molar-refractivity contribution in [3.63, 3.8) is 0 Å². The number of halogens is 1. The van der Waals surface area contributed by atoms with Crippen LogP contribution in [0.4, 0.5) is 0 Å². The molecule has 0 saturated carbocycles. The molecule has 0 saturated heterocycles. The molecule has 1 N–H and O–H groups in total. The van der Waals surface area contributed by atoms with Gasteiger partial charge in [0.05, 0.1) is 0 Å². The van der Waals surface area contributed by atoms with E-state index in [1.807, 2.05) is 6.92 Å². The van der Waals surface area contributed by atoms with Gasteiger partial charge in [-0.25, -0.2) is 4.79 Å². The maximum atomic E-state index is 10.1. The van der Waals surface area contributed by atoms with Crippen molar-refractivity contribution in [1.29, 1.82) is 0 Å². The number of hydrogen-bond acceptors (Lipinski definition) is 1. The highest BCUT2D eigenvalue weighted by Crippen LogP contribution is 2.03. The molecule has 0 atom stereocenters. The molecule has 70 valence electrons. The highest BCUT2D eigenvalue weighted by atomic mass is 35.5. The van der Waals surface area contributed by atoms with Gasteiger partial charge in [-0.2, -0.15) is 0 Å². The van der Waals surface area contributed by atoms with E-state index < -0.39 is 5.97 Å². The lowest BCUT2D eigenvalue weighted by atomic mass is 10.1. The summed E-state index contributed by atoms with van der Waals surface area (Å²) in [6.07, 6.45) is 2.56. The van der Waals surface area contributed by atoms with Crippen LogP contribution in [0.15, 0.2) is 24.3 Å². The molecule has 0 radical (unpaired) electrons. The van der Waals surface area contributed by atoms with Crippen molar-refractivity contribution in [2.24, 2.45) is 0 Å². The minimum atomic E-state index is -0.872. The predicted molar refractivity (Wildman–Crippen MR) is 52.4 cm³/mol. The van der Waals surface area contributed by atoms with Crippen LogP contribution >= 0.6 is 11.6 Å². The van der Waals surface area contributed by atoms with Gasteiger partial charge < -0.3 is 5.11 Å². The Kier molecular flexibility index (Phi) is 11.8. The van der Waals surface area contributed by atoms with E-state index in [2.05, 4.69) is 13.2 Å². The Labute approximate surface area is 78.5 Å². The minimum Gasteiger partial charge on any atom is -0.478 e. The first-order valence-corrected chi connectivity index (χ1v) is 4.15. The maximum Gasteiger partial charge on any atom is 0.330 e. The normalized spacial score (nSPS) is 7.83. The van der Waals surface area contributed by atoms with Crippen LogP contribution in [0, 0.1) is 0 Å². The van der Waals surface area contributed by atoms with E-state index in [1.165, 1.54) is 5.54 Å². The third-order valence-corrected chi connectivity index (χ3v) is 1.13. The average Bonchev–Trinajstić information content (AvgIpc) is 2.01. The topological polar surface area (TPSA) is 37.3 Å². The van der Waals surface area contributed by atoms with Gasteiger partial charge in [-0.3, -0.25) is 0 Å². The van der Waals surface area contributed by atoms with Crippen molar-refractivity contribution >= 4 is 17.6 Å². The van der Waals surface area contributed by atoms with E-state index in [9.17, 15) is 4.79 Å². The fourth-order valence-electron chi connectivity index (χ4n) is 0.497. The molecule has 0 rings (SSSR count). The van der Waals surface area contributed by atoms with E-state index in [4.69, 9.17) is 16.7 Å². The zero-order valence-electron chi connectivity index (χ0n) is 7.35. The monoisotopic (exact) mass is 190 g/mol. The zero-order chi connectivity index (χ0) is 9.98. The molecule has 0 fully saturated rings. The molecule has 12 heavy (non-hydrogen) atoms. The van der Waals surface area contributed by atoms with Crippen LogP contribution in [0.2, 0.25) is 0 Å². The Morgan fingerprint density at radius 3 is 2.33 bits per heavy atom. The minimum absolute atomic E-state index is 0.317. The summed E-state index contributed by atoms with van der Waals surface area (Å²) < 4.78 is 0. The maximum absolute atomic E-state index is 10.1. The van der Waals surface area contributed by atoms with E-state index >= 15 is 0 Å². The van der Waals surface area contributed by atoms with Crippen LogP contribution in [0.25, 0.3) is 0 Å². The second-order valence-corrected chi connectivity index (χ2v) is 2.48. The van der Waals surface area contributed by atoms with E-state index in [-0.39, 0.29) is 0 Å². The third kappa shape index (κ3) is 12.0. The van der Waals surface area contributed by atoms with Crippen LogP contribution in [0.3, 0.4) is 0 Å². The molecular formula is C9H15ClO2. The molecule has 0 unspecified atom stereocenters. The highest BCUT2D eigenvalue weighted by Gasteiger charge is 2.00. The van der Waals surface area contributed by atoms with Gasteiger partial charge in [0.2, 0.25) is 0 Å². The smallest absolute Gasteiger partial charge is 0.330 e. The Hall–Kier alpha value is -0.760. The summed E-state index contributed by atoms with van der Waals surface area (Å²) in [5, 5.41) is 8.31. The highest BCUT2D eigenvalue weighted by molar-refractivity contribution is 6.25. The third-order valence-electron chi connectivity index (χ3n) is 1.13. The number of hydrogen-bond donors (Lipinski definition) is 1. The van der Waals surface area contributed by atoms with Crippen molar-refractivity contribution in [3.05, 3.63) is 24.3 Å². The van der Waals surface area contributed by atoms with Crippen molar-refractivity contribution in [3.8, 4) is 0 Å². The van der Waals surface area contributed by atoms with Crippen LogP contribution in [0.1, 0.15) is 26.2 Å². The molecular weight excluding hydrogens is 176 g/mol. The lowest BCUT2D eigenvalue weighted by Gasteiger charge is -1.95. The first-order valence-electron chi connectivity index (χ1n) is 3.72. The fourth-order valence-corrected chi connectivity index (χ4v) is 0.497. The summed E-state index contributed by atoms with van der Waals surface area (Å²) in [7, 11) is 0. The second kappa shape index (κ2) is 10.2. The summed E-state index contributed by atoms with van der Waals surface area (Å²) >= 11 is 4.76. The number of carboxylic acid groups (broad SMARTS) is 1. The molecule has 0 aromatic heterocycles. The van der Waals surface area contributed by atoms with Crippen LogP contribution < -0.4 is 0 Å². The summed E-state index contributed by atoms with van der Waals surface area (Å²) in [6.45, 7) is 8.54. The molecule has 0 aliphatic carbocycles. The molecule has 0 heterocycles. The molecule has 0 spiro atoms. The van der Waals surface area contributed by atoms with Gasteiger partial charge in [-0.05, 0) is 18.4 Å². The standard InChI is InChI=1S/C7H12O2.C2H3Cl/c1-3-4-5-6(2)7(8)9;1-2-3/h2-5H2,1H3,(H,8,9);2H,1H2. The fraction of sp³-hybridized carbons (Fsp3) is 0.444. The van der Waals surface area contributed by atoms with Gasteiger partial charge in [0, 0.05) is 5.57 Å². The van der Waals surface area contributed by atoms with E-state index in [0.717, 1.165) is 12.8 Å². The first kappa shape index (κ1) is 13.8. The van der Waals surface area contributed by atoms with Crippen LogP contribution in [-0.2, 0) is 4.79 Å². The molecule has 0 aliphatic heterocycles. The van der Waals surface area contributed by atoms with Gasteiger partial charge >= 0.3 is 5.97 Å². The van der Waals surface area contributed by atoms with Crippen LogP contribution in [-0.4, -0.2) is 11.1 Å². The average molecular weight is 191 g/mol. The van der Waals surface area contributed by atoms with Crippen molar-refractivity contribution in [1.82, 2.24) is 0 Å². The summed E-state index contributed by atoms with van der Waals surface area (Å²) in [6, 6.07) is 0. The Balaban J connectivity index is 0. The number of unbranched alkanes of at least 4 members (excludes halogenated alkanes) is 1. The van der Waals surface area contributed by atoms with Crippen molar-refractivity contribution < 1.29 is 9.90 Å². The molecule has 0 aromatic rings. The summed E-state index contributed by atoms with van der Waals surface area (Å²) in [4.78, 5) is 10.1. The Morgan fingerprint density at radius 1 is 1.67 bits per heavy atom. The summed E-state index contributed by atoms with van der Waals surface area (Å²) in [5.74, 6) is -0.872. The summed E-state index contributed by atoms with van der Waals surface area (Å²) in [5.41, 5.74) is 1.54. The number of carboxylic acids is 1. The van der Waals surface area contributed by atoms with Gasteiger partial charge in [0.1, 0.15) is 0 Å². The van der Waals surface area contributed by atoms with Gasteiger partial charge in [-0.15, -0.1) is 0 Å². The van der Waals surface area contributed by atoms with E-state index in [0.29, 0.717) is 12.0 Å². The number of aliphatic carboxylic acids is 1. The van der Waals surface area contributed by atoms with Crippen LogP contribution in [0.5, 0.6) is 0 Å². The van der Waals surface area contributed by atoms with Gasteiger partial charge in [0.15, 0.2) is 0 Å². The lowest BCUT2D eigenvalue weighted by Crippen LogP contribution is -1.97. The Morgan fingerprint density at radius 2 is 2.08 bits per heavy atom. The lowest BCUT2D eigenvalue weighted by molar-refractivity contribution is -0.132. The number of rotatable bonds is 4. The predicted octanol–water partition coefficient (Wildman–Crippen LogP) is 3.19. The van der Waals surface area contributed by atoms with E-state index in [1.54, 1.807) is 0 Å². The van der Waals surface area contributed by atoms with Gasteiger partial charge in [-0.1, -0.05) is 38.1 Å². The largest absolute Gasteiger partial charge is 0.478 e.